The average molecular weight is 617 g/mol. The molecule has 6 aromatic carbocycles. The van der Waals surface area contributed by atoms with Gasteiger partial charge in [-0.15, -0.1) is 0 Å². The number of hydrogen-bond acceptors (Lipinski definition) is 4. The van der Waals surface area contributed by atoms with Crippen molar-refractivity contribution in [1.29, 1.82) is 0 Å². The summed E-state index contributed by atoms with van der Waals surface area (Å²) < 4.78 is 8.49. The molecular formula is C43H28N4O. The van der Waals surface area contributed by atoms with Crippen molar-refractivity contribution in [3.05, 3.63) is 156 Å². The molecule has 0 unspecified atom stereocenters. The summed E-state index contributed by atoms with van der Waals surface area (Å²) in [6.45, 7) is 0. The maximum absolute atomic E-state index is 6.26. The molecular weight excluding hydrogens is 589 g/mol. The minimum absolute atomic E-state index is 0.594. The highest BCUT2D eigenvalue weighted by molar-refractivity contribution is 6.06. The Kier molecular flexibility index (Phi) is 5.93. The Morgan fingerprint density at radius 2 is 1.23 bits per heavy atom. The molecule has 5 nitrogen and oxygen atoms in total. The lowest BCUT2D eigenvalue weighted by molar-refractivity contribution is 0.669. The zero-order valence-electron chi connectivity index (χ0n) is 26.0. The van der Waals surface area contributed by atoms with E-state index >= 15 is 0 Å². The van der Waals surface area contributed by atoms with Gasteiger partial charge in [0.25, 0.3) is 0 Å². The molecule has 0 fully saturated rings. The van der Waals surface area contributed by atoms with Gasteiger partial charge in [0.15, 0.2) is 11.6 Å². The van der Waals surface area contributed by atoms with Gasteiger partial charge in [-0.2, -0.15) is 9.97 Å². The van der Waals surface area contributed by atoms with Crippen LogP contribution in [0.3, 0.4) is 0 Å². The lowest BCUT2D eigenvalue weighted by Crippen LogP contribution is -2.09. The minimum atomic E-state index is 0.594. The van der Waals surface area contributed by atoms with Crippen LogP contribution in [-0.4, -0.2) is 19.5 Å². The summed E-state index contributed by atoms with van der Waals surface area (Å²) in [5, 5.41) is 5.92. The highest BCUT2D eigenvalue weighted by Gasteiger charge is 2.24. The van der Waals surface area contributed by atoms with Crippen molar-refractivity contribution < 1.29 is 4.42 Å². The summed E-state index contributed by atoms with van der Waals surface area (Å²) in [5.41, 5.74) is 9.60. The van der Waals surface area contributed by atoms with E-state index in [2.05, 4.69) is 95.6 Å². The van der Waals surface area contributed by atoms with Crippen molar-refractivity contribution in [1.82, 2.24) is 19.5 Å². The third-order valence-electron chi connectivity index (χ3n) is 9.60. The first kappa shape index (κ1) is 26.8. The molecule has 226 valence electrons. The molecule has 0 amide bonds. The summed E-state index contributed by atoms with van der Waals surface area (Å²) in [4.78, 5) is 15.4. The van der Waals surface area contributed by atoms with Crippen LogP contribution in [0.5, 0.6) is 0 Å². The molecule has 0 spiro atoms. The van der Waals surface area contributed by atoms with Crippen molar-refractivity contribution in [3.8, 4) is 28.7 Å². The van der Waals surface area contributed by atoms with Gasteiger partial charge in [-0.1, -0.05) is 115 Å². The van der Waals surface area contributed by atoms with Crippen molar-refractivity contribution >= 4 is 55.3 Å². The number of allylic oxidation sites excluding steroid dienone is 1. The Balaban J connectivity index is 1.22. The summed E-state index contributed by atoms with van der Waals surface area (Å²) in [6.07, 6.45) is 4.25. The smallest absolute Gasteiger partial charge is 0.238 e. The molecule has 0 bridgehead atoms. The third-order valence-corrected chi connectivity index (χ3v) is 9.60. The lowest BCUT2D eigenvalue weighted by Gasteiger charge is -2.18. The number of rotatable bonds is 4. The van der Waals surface area contributed by atoms with E-state index in [4.69, 9.17) is 19.4 Å². The van der Waals surface area contributed by atoms with Gasteiger partial charge in [0.2, 0.25) is 5.95 Å². The van der Waals surface area contributed by atoms with Gasteiger partial charge in [0, 0.05) is 27.3 Å². The van der Waals surface area contributed by atoms with E-state index in [1.165, 1.54) is 32.9 Å². The van der Waals surface area contributed by atoms with Gasteiger partial charge in [-0.3, -0.25) is 4.57 Å². The molecule has 0 radical (unpaired) electrons. The van der Waals surface area contributed by atoms with E-state index in [0.29, 0.717) is 17.6 Å². The van der Waals surface area contributed by atoms with Crippen LogP contribution in [-0.2, 0) is 6.42 Å². The first-order chi connectivity index (χ1) is 23.8. The third kappa shape index (κ3) is 4.21. The first-order valence-electron chi connectivity index (χ1n) is 16.3. The second kappa shape index (κ2) is 10.6. The van der Waals surface area contributed by atoms with Crippen LogP contribution >= 0.6 is 0 Å². The highest BCUT2D eigenvalue weighted by atomic mass is 16.3. The molecule has 0 saturated heterocycles. The number of hydrogen-bond donors (Lipinski definition) is 0. The van der Waals surface area contributed by atoms with Crippen molar-refractivity contribution in [2.45, 2.75) is 12.8 Å². The molecule has 10 rings (SSSR count). The summed E-state index contributed by atoms with van der Waals surface area (Å²) in [5.74, 6) is 1.82. The second-order valence-electron chi connectivity index (χ2n) is 12.4. The maximum Gasteiger partial charge on any atom is 0.238 e. The normalized spacial score (nSPS) is 13.0. The van der Waals surface area contributed by atoms with E-state index in [-0.39, 0.29) is 0 Å². The fraction of sp³-hybridized carbons (Fsp3) is 0.0465. The molecule has 5 heteroatoms. The van der Waals surface area contributed by atoms with Crippen LogP contribution < -0.4 is 0 Å². The molecule has 0 N–H and O–H groups in total. The van der Waals surface area contributed by atoms with Gasteiger partial charge in [0.1, 0.15) is 11.2 Å². The molecule has 0 aliphatic heterocycles. The molecule has 0 atom stereocenters. The molecule has 1 aliphatic carbocycles. The van der Waals surface area contributed by atoms with Crippen LogP contribution in [0.4, 0.5) is 0 Å². The van der Waals surface area contributed by atoms with Gasteiger partial charge < -0.3 is 4.42 Å². The van der Waals surface area contributed by atoms with Gasteiger partial charge in [-0.05, 0) is 70.7 Å². The number of benzene rings is 6. The Labute approximate surface area is 276 Å². The Morgan fingerprint density at radius 1 is 0.521 bits per heavy atom. The standard InChI is InChI=1S/C43H28N4O/c1-2-12-28(13-3-1)41-44-42(30-22-24-36-35-17-7-9-20-39(35)48-40(36)26-30)46-43(45-41)47-37-19-8-6-16-33(37)34-23-21-29(25-38(34)47)32-18-10-14-27-11-4-5-15-31(27)32/h1-20,22,24-26H,21,23H2. The van der Waals surface area contributed by atoms with Crippen LogP contribution in [0, 0.1) is 0 Å². The molecule has 0 saturated carbocycles. The average Bonchev–Trinajstić information content (AvgIpc) is 3.70. The van der Waals surface area contributed by atoms with E-state index in [0.717, 1.165) is 57.1 Å². The van der Waals surface area contributed by atoms with Crippen molar-refractivity contribution in [2.75, 3.05) is 0 Å². The van der Waals surface area contributed by atoms with E-state index in [1.807, 2.05) is 54.6 Å². The van der Waals surface area contributed by atoms with Crippen LogP contribution in [0.1, 0.15) is 23.2 Å². The number of furan rings is 1. The Morgan fingerprint density at radius 3 is 2.12 bits per heavy atom. The van der Waals surface area contributed by atoms with Crippen molar-refractivity contribution in [2.24, 2.45) is 0 Å². The summed E-state index contributed by atoms with van der Waals surface area (Å²) in [7, 11) is 0. The van der Waals surface area contributed by atoms with Crippen LogP contribution in [0.25, 0.3) is 84.0 Å². The van der Waals surface area contributed by atoms with Gasteiger partial charge in [-0.25, -0.2) is 4.98 Å². The number of aromatic nitrogens is 4. The summed E-state index contributed by atoms with van der Waals surface area (Å²) in [6, 6.07) is 48.3. The topological polar surface area (TPSA) is 56.7 Å². The zero-order valence-corrected chi connectivity index (χ0v) is 26.0. The summed E-state index contributed by atoms with van der Waals surface area (Å²) >= 11 is 0. The fourth-order valence-electron chi connectivity index (χ4n) is 7.35. The second-order valence-corrected chi connectivity index (χ2v) is 12.4. The van der Waals surface area contributed by atoms with Gasteiger partial charge in [0.05, 0.1) is 11.2 Å². The predicted molar refractivity (Wildman–Crippen MR) is 195 cm³/mol. The number of nitrogens with zero attached hydrogens (tertiary/aromatic N) is 4. The lowest BCUT2D eigenvalue weighted by atomic mass is 9.88. The number of fused-ring (bicyclic) bond motifs is 7. The van der Waals surface area contributed by atoms with Crippen molar-refractivity contribution in [3.63, 3.8) is 0 Å². The Hall–Kier alpha value is -6.33. The molecule has 3 heterocycles. The zero-order chi connectivity index (χ0) is 31.6. The maximum atomic E-state index is 6.26. The van der Waals surface area contributed by atoms with Crippen LogP contribution in [0.2, 0.25) is 0 Å². The minimum Gasteiger partial charge on any atom is -0.456 e. The quantitative estimate of drug-likeness (QED) is 0.197. The fourth-order valence-corrected chi connectivity index (χ4v) is 7.35. The van der Waals surface area contributed by atoms with Crippen LogP contribution in [0.15, 0.2) is 144 Å². The monoisotopic (exact) mass is 616 g/mol. The van der Waals surface area contributed by atoms with E-state index < -0.39 is 0 Å². The largest absolute Gasteiger partial charge is 0.456 e. The van der Waals surface area contributed by atoms with E-state index in [1.54, 1.807) is 0 Å². The SMILES string of the molecule is C1=C(c2cccc3ccccc23)CCc2c1n(-c1nc(-c3ccccc3)nc(-c3ccc4c(c3)oc3ccccc34)n1)c1ccccc21. The molecule has 9 aromatic rings. The van der Waals surface area contributed by atoms with E-state index in [9.17, 15) is 0 Å². The molecule has 3 aromatic heterocycles. The Bertz CT molecular complexity index is 2730. The predicted octanol–water partition coefficient (Wildman–Crippen LogP) is 10.7. The number of aryl methyl sites for hydroxylation is 1. The highest BCUT2D eigenvalue weighted by Crippen LogP contribution is 2.40. The first-order valence-corrected chi connectivity index (χ1v) is 16.3. The number of para-hydroxylation sites is 2. The van der Waals surface area contributed by atoms with Gasteiger partial charge >= 0.3 is 0 Å². The molecule has 1 aliphatic rings. The molecule has 48 heavy (non-hydrogen) atoms.